The van der Waals surface area contributed by atoms with E-state index in [0.717, 1.165) is 24.4 Å². The molecule has 2 rings (SSSR count). The van der Waals surface area contributed by atoms with Crippen LogP contribution >= 0.6 is 0 Å². The zero-order valence-electron chi connectivity index (χ0n) is 10.7. The Bertz CT molecular complexity index is 420. The third-order valence-electron chi connectivity index (χ3n) is 2.91. The van der Waals surface area contributed by atoms with Gasteiger partial charge in [0.15, 0.2) is 0 Å². The van der Waals surface area contributed by atoms with Gasteiger partial charge < -0.3 is 4.74 Å². The second kappa shape index (κ2) is 4.49. The molecule has 1 amide bonds. The second-order valence-corrected chi connectivity index (χ2v) is 5.55. The molecule has 0 saturated heterocycles. The lowest BCUT2D eigenvalue weighted by Crippen LogP contribution is -3.14. The maximum Gasteiger partial charge on any atom is 0.515 e. The molecule has 0 saturated carbocycles. The molecule has 1 aromatic carbocycles. The molecule has 92 valence electrons. The van der Waals surface area contributed by atoms with Crippen molar-refractivity contribution in [3.63, 3.8) is 0 Å². The molecular formula is C14H20NO2+. The number of carbonyl (C=O) groups is 1. The molecule has 0 spiro atoms. The van der Waals surface area contributed by atoms with Gasteiger partial charge in [0.1, 0.15) is 12.1 Å². The summed E-state index contributed by atoms with van der Waals surface area (Å²) in [5.74, 6) is 0. The van der Waals surface area contributed by atoms with E-state index < -0.39 is 5.60 Å². The van der Waals surface area contributed by atoms with Crippen molar-refractivity contribution in [1.82, 2.24) is 0 Å². The molecule has 1 unspecified atom stereocenters. The Labute approximate surface area is 102 Å². The first kappa shape index (κ1) is 12.1. The summed E-state index contributed by atoms with van der Waals surface area (Å²) in [5.41, 5.74) is 2.22. The fourth-order valence-electron chi connectivity index (χ4n) is 2.10. The number of benzene rings is 1. The van der Waals surface area contributed by atoms with Gasteiger partial charge in [0.2, 0.25) is 0 Å². The van der Waals surface area contributed by atoms with E-state index in [0.29, 0.717) is 0 Å². The van der Waals surface area contributed by atoms with E-state index in [1.165, 1.54) is 11.1 Å². The molecule has 17 heavy (non-hydrogen) atoms. The van der Waals surface area contributed by atoms with Crippen LogP contribution < -0.4 is 4.90 Å². The van der Waals surface area contributed by atoms with E-state index in [1.807, 2.05) is 26.8 Å². The van der Waals surface area contributed by atoms with E-state index in [9.17, 15) is 4.79 Å². The summed E-state index contributed by atoms with van der Waals surface area (Å²) in [6.07, 6.45) is 0.817. The van der Waals surface area contributed by atoms with Crippen LogP contribution in [0, 0.1) is 0 Å². The van der Waals surface area contributed by atoms with Gasteiger partial charge in [-0.2, -0.15) is 4.79 Å². The Morgan fingerprint density at radius 2 is 1.88 bits per heavy atom. The highest BCUT2D eigenvalue weighted by molar-refractivity contribution is 5.57. The van der Waals surface area contributed by atoms with Gasteiger partial charge in [0, 0.05) is 12.0 Å². The van der Waals surface area contributed by atoms with E-state index >= 15 is 0 Å². The summed E-state index contributed by atoms with van der Waals surface area (Å²) in [7, 11) is 0. The Kier molecular flexibility index (Phi) is 3.20. The van der Waals surface area contributed by atoms with Gasteiger partial charge in [-0.1, -0.05) is 24.3 Å². The molecule has 0 bridgehead atoms. The van der Waals surface area contributed by atoms with E-state index in [2.05, 4.69) is 18.2 Å². The first-order valence-electron chi connectivity index (χ1n) is 6.10. The lowest BCUT2D eigenvalue weighted by Gasteiger charge is -2.26. The number of alkyl carbamates (subject to hydrolysis) is 2. The smallest absolute Gasteiger partial charge is 0.414 e. The van der Waals surface area contributed by atoms with Crippen LogP contribution in [0.15, 0.2) is 24.3 Å². The van der Waals surface area contributed by atoms with Gasteiger partial charge in [0.25, 0.3) is 0 Å². The molecule has 0 aromatic heterocycles. The maximum atomic E-state index is 12.0. The Balaban J connectivity index is 2.05. The number of carbonyl (C=O) groups excluding carboxylic acids is 1. The van der Waals surface area contributed by atoms with Crippen molar-refractivity contribution in [2.24, 2.45) is 0 Å². The molecule has 3 heteroatoms. The van der Waals surface area contributed by atoms with Crippen molar-refractivity contribution in [2.75, 3.05) is 6.54 Å². The molecule has 1 atom stereocenters. The number of rotatable bonds is 0. The zero-order valence-corrected chi connectivity index (χ0v) is 10.7. The molecule has 1 aliphatic heterocycles. The average Bonchev–Trinajstić information content (AvgIpc) is 2.26. The summed E-state index contributed by atoms with van der Waals surface area (Å²) >= 11 is 0. The van der Waals surface area contributed by atoms with Crippen LogP contribution in [-0.4, -0.2) is 18.2 Å². The summed E-state index contributed by atoms with van der Waals surface area (Å²) in [6.45, 7) is 7.28. The van der Waals surface area contributed by atoms with Crippen LogP contribution in [0.4, 0.5) is 4.79 Å². The fourth-order valence-corrected chi connectivity index (χ4v) is 2.10. The minimum Gasteiger partial charge on any atom is -0.414 e. The number of amides is 1. The molecule has 1 aromatic rings. The van der Waals surface area contributed by atoms with Gasteiger partial charge >= 0.3 is 6.09 Å². The number of quaternary nitrogens is 1. The number of ether oxygens (including phenoxy) is 1. The maximum absolute atomic E-state index is 12.0. The molecule has 3 nitrogen and oxygen atoms in total. The van der Waals surface area contributed by atoms with Gasteiger partial charge in [-0.3, -0.25) is 0 Å². The van der Waals surface area contributed by atoms with Crippen LogP contribution in [0.1, 0.15) is 31.9 Å². The Morgan fingerprint density at radius 3 is 2.53 bits per heavy atom. The third-order valence-corrected chi connectivity index (χ3v) is 2.91. The highest BCUT2D eigenvalue weighted by Gasteiger charge is 2.30. The number of fused-ring (bicyclic) bond motifs is 1. The second-order valence-electron chi connectivity index (χ2n) is 5.55. The van der Waals surface area contributed by atoms with Gasteiger partial charge in [-0.05, 0) is 26.3 Å². The monoisotopic (exact) mass is 234 g/mol. The van der Waals surface area contributed by atoms with E-state index in [4.69, 9.17) is 4.74 Å². The number of hydrogen-bond donors (Lipinski definition) is 1. The predicted molar refractivity (Wildman–Crippen MR) is 65.9 cm³/mol. The van der Waals surface area contributed by atoms with E-state index in [1.54, 1.807) is 0 Å². The first-order valence-corrected chi connectivity index (χ1v) is 6.10. The predicted octanol–water partition coefficient (Wildman–Crippen LogP) is 1.56. The van der Waals surface area contributed by atoms with Crippen LogP contribution in [0.3, 0.4) is 0 Å². The topological polar surface area (TPSA) is 30.7 Å². The van der Waals surface area contributed by atoms with Crippen LogP contribution in [0.2, 0.25) is 0 Å². The van der Waals surface area contributed by atoms with Crippen molar-refractivity contribution >= 4 is 6.09 Å². The van der Waals surface area contributed by atoms with Gasteiger partial charge in [-0.25, -0.2) is 4.90 Å². The van der Waals surface area contributed by atoms with Crippen LogP contribution in [0.25, 0.3) is 0 Å². The lowest BCUT2D eigenvalue weighted by atomic mass is 10.0. The Morgan fingerprint density at radius 1 is 1.24 bits per heavy atom. The summed E-state index contributed by atoms with van der Waals surface area (Å²) in [6, 6.07) is 8.31. The SMILES string of the molecule is CC(C)(C)OC(=O)[NH+]1CCc2ccccc2C1. The molecule has 0 fully saturated rings. The lowest BCUT2D eigenvalue weighted by molar-refractivity contribution is -0.841. The minimum atomic E-state index is -0.402. The average molecular weight is 234 g/mol. The highest BCUT2D eigenvalue weighted by atomic mass is 16.6. The zero-order chi connectivity index (χ0) is 12.5. The summed E-state index contributed by atoms with van der Waals surface area (Å²) in [4.78, 5) is 12.9. The van der Waals surface area contributed by atoms with Crippen molar-refractivity contribution in [2.45, 2.75) is 39.3 Å². The molecule has 1 N–H and O–H groups in total. The van der Waals surface area contributed by atoms with Crippen molar-refractivity contribution in [3.8, 4) is 0 Å². The molecule has 1 aliphatic rings. The fraction of sp³-hybridized carbons (Fsp3) is 0.500. The quantitative estimate of drug-likeness (QED) is 0.738. The van der Waals surface area contributed by atoms with Gasteiger partial charge in [-0.15, -0.1) is 0 Å². The molecule has 1 heterocycles. The molecular weight excluding hydrogens is 214 g/mol. The highest BCUT2D eigenvalue weighted by Crippen LogP contribution is 2.11. The summed E-state index contributed by atoms with van der Waals surface area (Å²) < 4.78 is 5.42. The minimum absolute atomic E-state index is 0.132. The van der Waals surface area contributed by atoms with Crippen LogP contribution in [-0.2, 0) is 17.7 Å². The normalized spacial score (nSPS) is 19.6. The van der Waals surface area contributed by atoms with Gasteiger partial charge in [0.05, 0.1) is 6.54 Å². The molecule has 0 aliphatic carbocycles. The van der Waals surface area contributed by atoms with E-state index in [-0.39, 0.29) is 6.09 Å². The number of nitrogens with one attached hydrogen (secondary N) is 1. The van der Waals surface area contributed by atoms with Crippen LogP contribution in [0.5, 0.6) is 0 Å². The van der Waals surface area contributed by atoms with Crippen molar-refractivity contribution in [1.29, 1.82) is 0 Å². The standard InChI is InChI=1S/C14H19NO2/c1-14(2,3)17-13(16)15-9-8-11-6-4-5-7-12(11)10-15/h4-7H,8-10H2,1-3H3/p+1. The summed E-state index contributed by atoms with van der Waals surface area (Å²) in [5, 5.41) is 0. The number of hydrogen-bond acceptors (Lipinski definition) is 2. The van der Waals surface area contributed by atoms with Crippen molar-refractivity contribution in [3.05, 3.63) is 35.4 Å². The first-order chi connectivity index (χ1) is 7.96. The largest absolute Gasteiger partial charge is 0.515 e. The third kappa shape index (κ3) is 3.07. The van der Waals surface area contributed by atoms with Crippen molar-refractivity contribution < 1.29 is 14.4 Å². The Hall–Kier alpha value is -1.35. The molecule has 0 radical (unpaired) electrons.